The lowest BCUT2D eigenvalue weighted by Gasteiger charge is -2.37. The molecule has 4 rings (SSSR count). The van der Waals surface area contributed by atoms with Gasteiger partial charge in [-0.3, -0.25) is 13.8 Å². The molecule has 0 amide bonds. The smallest absolute Gasteiger partial charge is 0.486 e. The van der Waals surface area contributed by atoms with Crippen LogP contribution in [0.25, 0.3) is 6.08 Å². The molecule has 1 fully saturated rings. The maximum atomic E-state index is 14.1. The quantitative estimate of drug-likeness (QED) is 0.307. The molecule has 40 heavy (non-hydrogen) atoms. The summed E-state index contributed by atoms with van der Waals surface area (Å²) in [6.45, 7) is 10.5. The molecule has 2 aliphatic rings. The Morgan fingerprint density at radius 1 is 1.30 bits per heavy atom. The highest BCUT2D eigenvalue weighted by Gasteiger charge is 2.38. The number of benzene rings is 1. The SMILES string of the molecule is CCOc1nn(CC)cc1S(=O)(=O)N1C[C@H](CCC(=O)OC)Oc2ccc(C=CB3OC(C)CC(C)(C)O3)cc21. The van der Waals surface area contributed by atoms with Gasteiger partial charge in [0, 0.05) is 25.3 Å². The minimum atomic E-state index is -4.11. The molecule has 1 saturated heterocycles. The number of aromatic nitrogens is 2. The average molecular weight is 575 g/mol. The first kappa shape index (κ1) is 29.9. The number of anilines is 1. The van der Waals surface area contributed by atoms with Gasteiger partial charge in [-0.1, -0.05) is 18.1 Å². The number of carbonyl (C=O) groups excluding carboxylic acids is 1. The summed E-state index contributed by atoms with van der Waals surface area (Å²) in [6.07, 6.45) is 3.97. The van der Waals surface area contributed by atoms with Crippen molar-refractivity contribution in [2.45, 2.75) is 83.1 Å². The Hall–Kier alpha value is -3.03. The minimum Gasteiger partial charge on any atom is -0.486 e. The van der Waals surface area contributed by atoms with E-state index in [4.69, 9.17) is 23.5 Å². The summed E-state index contributed by atoms with van der Waals surface area (Å²) >= 11 is 0. The molecule has 13 heteroatoms. The van der Waals surface area contributed by atoms with Crippen LogP contribution in [0.2, 0.25) is 0 Å². The predicted molar refractivity (Wildman–Crippen MR) is 151 cm³/mol. The van der Waals surface area contributed by atoms with Crippen molar-refractivity contribution >= 4 is 34.9 Å². The van der Waals surface area contributed by atoms with Crippen molar-refractivity contribution in [3.8, 4) is 11.6 Å². The third-order valence-corrected chi connectivity index (χ3v) is 8.47. The summed E-state index contributed by atoms with van der Waals surface area (Å²) in [6, 6.07) is 5.32. The second kappa shape index (κ2) is 12.2. The molecule has 1 aromatic heterocycles. The monoisotopic (exact) mass is 575 g/mol. The minimum absolute atomic E-state index is 0.00289. The summed E-state index contributed by atoms with van der Waals surface area (Å²) < 4.78 is 59.5. The molecule has 3 heterocycles. The fourth-order valence-corrected chi connectivity index (χ4v) is 6.48. The number of esters is 1. The molecule has 0 radical (unpaired) electrons. The van der Waals surface area contributed by atoms with Gasteiger partial charge in [0.05, 0.1) is 31.5 Å². The Morgan fingerprint density at radius 2 is 2.08 bits per heavy atom. The van der Waals surface area contributed by atoms with Crippen LogP contribution in [-0.4, -0.2) is 69.4 Å². The van der Waals surface area contributed by atoms with Gasteiger partial charge in [-0.25, -0.2) is 8.42 Å². The van der Waals surface area contributed by atoms with E-state index < -0.39 is 29.2 Å². The highest BCUT2D eigenvalue weighted by Crippen LogP contribution is 2.40. The molecular formula is C27H38BN3O8S. The van der Waals surface area contributed by atoms with Crippen LogP contribution in [0.1, 0.15) is 59.4 Å². The van der Waals surface area contributed by atoms with E-state index in [2.05, 4.69) is 5.10 Å². The van der Waals surface area contributed by atoms with Crippen molar-refractivity contribution in [1.29, 1.82) is 0 Å². The van der Waals surface area contributed by atoms with Crippen LogP contribution in [0.4, 0.5) is 5.69 Å². The van der Waals surface area contributed by atoms with Gasteiger partial charge in [-0.15, -0.1) is 5.10 Å². The number of nitrogens with zero attached hydrogens (tertiary/aromatic N) is 3. The van der Waals surface area contributed by atoms with Crippen LogP contribution < -0.4 is 13.8 Å². The van der Waals surface area contributed by atoms with Crippen LogP contribution in [0.3, 0.4) is 0 Å². The Kier molecular flexibility index (Phi) is 9.16. The number of rotatable bonds is 10. The maximum Gasteiger partial charge on any atom is 0.486 e. The number of hydrogen-bond acceptors (Lipinski definition) is 9. The van der Waals surface area contributed by atoms with Gasteiger partial charge in [0.1, 0.15) is 11.9 Å². The Bertz CT molecular complexity index is 1340. The lowest BCUT2D eigenvalue weighted by Crippen LogP contribution is -2.45. The Balaban J connectivity index is 1.70. The van der Waals surface area contributed by atoms with Gasteiger partial charge >= 0.3 is 13.1 Å². The molecule has 0 N–H and O–H groups in total. The maximum absolute atomic E-state index is 14.1. The van der Waals surface area contributed by atoms with Crippen molar-refractivity contribution in [2.75, 3.05) is 24.6 Å². The van der Waals surface area contributed by atoms with Gasteiger partial charge in [-0.2, -0.15) is 0 Å². The zero-order chi connectivity index (χ0) is 29.1. The lowest BCUT2D eigenvalue weighted by molar-refractivity contribution is -0.141. The second-order valence-electron chi connectivity index (χ2n) is 10.5. The molecule has 0 bridgehead atoms. The van der Waals surface area contributed by atoms with E-state index in [0.717, 1.165) is 12.0 Å². The first-order chi connectivity index (χ1) is 19.0. The topological polar surface area (TPSA) is 118 Å². The van der Waals surface area contributed by atoms with Gasteiger partial charge in [0.2, 0.25) is 0 Å². The highest BCUT2D eigenvalue weighted by molar-refractivity contribution is 7.93. The van der Waals surface area contributed by atoms with Gasteiger partial charge in [0.15, 0.2) is 4.90 Å². The standard InChI is InChI=1S/C27H38BN3O8S/c1-7-30-18-24(26(29-30)36-8-2)40(33,34)31-17-21(10-12-25(32)35-6)37-23-11-9-20(15-22(23)31)13-14-28-38-19(3)16-27(4,5)39-28/h9,11,13-15,18-19,21H,7-8,10,12,16-17H2,1-6H3/t19?,21-/m0/s1. The molecule has 2 atom stereocenters. The number of hydrogen-bond donors (Lipinski definition) is 0. The number of ether oxygens (including phenoxy) is 3. The first-order valence-electron chi connectivity index (χ1n) is 13.6. The van der Waals surface area contributed by atoms with Crippen molar-refractivity contribution in [2.24, 2.45) is 0 Å². The Morgan fingerprint density at radius 3 is 2.75 bits per heavy atom. The fourth-order valence-electron chi connectivity index (χ4n) is 4.91. The van der Waals surface area contributed by atoms with E-state index in [0.29, 0.717) is 18.0 Å². The average Bonchev–Trinajstić information content (AvgIpc) is 3.33. The number of aryl methyl sites for hydroxylation is 1. The van der Waals surface area contributed by atoms with E-state index in [1.165, 1.54) is 22.3 Å². The van der Waals surface area contributed by atoms with Crippen molar-refractivity contribution in [1.82, 2.24) is 9.78 Å². The second-order valence-corrected chi connectivity index (χ2v) is 12.3. The predicted octanol–water partition coefficient (Wildman–Crippen LogP) is 3.86. The zero-order valence-electron chi connectivity index (χ0n) is 24.0. The van der Waals surface area contributed by atoms with Crippen LogP contribution in [0.15, 0.2) is 35.3 Å². The van der Waals surface area contributed by atoms with E-state index in [-0.39, 0.29) is 48.5 Å². The summed E-state index contributed by atoms with van der Waals surface area (Å²) in [7, 11) is -3.32. The molecule has 0 aliphatic carbocycles. The van der Waals surface area contributed by atoms with E-state index in [9.17, 15) is 13.2 Å². The Labute approximate surface area is 236 Å². The summed E-state index contributed by atoms with van der Waals surface area (Å²) in [5.41, 5.74) is 0.803. The van der Waals surface area contributed by atoms with Crippen molar-refractivity contribution in [3.63, 3.8) is 0 Å². The molecular weight excluding hydrogens is 537 g/mol. The summed E-state index contributed by atoms with van der Waals surface area (Å²) in [5, 5.41) is 4.30. The van der Waals surface area contributed by atoms with E-state index in [1.807, 2.05) is 45.8 Å². The molecule has 2 aliphatic heterocycles. The van der Waals surface area contributed by atoms with E-state index >= 15 is 0 Å². The largest absolute Gasteiger partial charge is 0.486 e. The highest BCUT2D eigenvalue weighted by atomic mass is 32.2. The third-order valence-electron chi connectivity index (χ3n) is 6.71. The van der Waals surface area contributed by atoms with Gasteiger partial charge in [0.25, 0.3) is 15.9 Å². The summed E-state index contributed by atoms with van der Waals surface area (Å²) in [4.78, 5) is 11.8. The number of carbonyl (C=O) groups is 1. The number of methoxy groups -OCH3 is 1. The zero-order valence-corrected chi connectivity index (χ0v) is 24.8. The van der Waals surface area contributed by atoms with Crippen molar-refractivity contribution < 1.29 is 36.7 Å². The molecule has 0 spiro atoms. The van der Waals surface area contributed by atoms with Crippen LogP contribution in [0.5, 0.6) is 11.6 Å². The van der Waals surface area contributed by atoms with Crippen LogP contribution in [0, 0.1) is 0 Å². The fraction of sp³-hybridized carbons (Fsp3) is 0.556. The first-order valence-corrected chi connectivity index (χ1v) is 15.0. The van der Waals surface area contributed by atoms with Crippen LogP contribution in [-0.2, 0) is 35.4 Å². The summed E-state index contributed by atoms with van der Waals surface area (Å²) in [5.74, 6) is 1.86. The number of sulfonamides is 1. The molecule has 2 aromatic rings. The molecule has 1 unspecified atom stereocenters. The molecule has 11 nitrogen and oxygen atoms in total. The number of fused-ring (bicyclic) bond motifs is 1. The third kappa shape index (κ3) is 6.81. The van der Waals surface area contributed by atoms with Crippen LogP contribution >= 0.6 is 0 Å². The lowest BCUT2D eigenvalue weighted by atomic mass is 9.82. The van der Waals surface area contributed by atoms with Gasteiger partial charge < -0.3 is 23.5 Å². The van der Waals surface area contributed by atoms with Gasteiger partial charge in [-0.05, 0) is 65.2 Å². The molecule has 218 valence electrons. The molecule has 0 saturated carbocycles. The van der Waals surface area contributed by atoms with E-state index in [1.54, 1.807) is 19.1 Å². The molecule has 1 aromatic carbocycles. The van der Waals surface area contributed by atoms with Crippen molar-refractivity contribution in [3.05, 3.63) is 35.9 Å². The normalized spacial score (nSPS) is 20.8.